The maximum atomic E-state index is 12.3. The van der Waals surface area contributed by atoms with Gasteiger partial charge in [-0.05, 0) is 54.8 Å². The Morgan fingerprint density at radius 1 is 1.18 bits per heavy atom. The molecule has 28 heavy (non-hydrogen) atoms. The molecule has 0 bridgehead atoms. The van der Waals surface area contributed by atoms with E-state index in [9.17, 15) is 9.59 Å². The molecular weight excluding hydrogens is 394 g/mol. The highest BCUT2D eigenvalue weighted by atomic mass is 32.2. The van der Waals surface area contributed by atoms with Crippen molar-refractivity contribution in [3.63, 3.8) is 0 Å². The predicted octanol–water partition coefficient (Wildman–Crippen LogP) is 5.44. The van der Waals surface area contributed by atoms with Gasteiger partial charge in [0.15, 0.2) is 0 Å². The van der Waals surface area contributed by atoms with Gasteiger partial charge in [-0.25, -0.2) is 0 Å². The molecule has 1 saturated heterocycles. The Bertz CT molecular complexity index is 716. The van der Waals surface area contributed by atoms with Gasteiger partial charge >= 0.3 is 5.97 Å². The number of hydrogen-bond acceptors (Lipinski definition) is 6. The number of ether oxygens (including phenoxy) is 2. The average Bonchev–Trinajstić information content (AvgIpc) is 2.95. The van der Waals surface area contributed by atoms with Crippen LogP contribution in [0.3, 0.4) is 0 Å². The van der Waals surface area contributed by atoms with E-state index in [0.717, 1.165) is 48.3 Å². The highest BCUT2D eigenvalue weighted by Crippen LogP contribution is 2.33. The lowest BCUT2D eigenvalue weighted by Crippen LogP contribution is -2.27. The fourth-order valence-corrected chi connectivity index (χ4v) is 3.95. The number of unbranched alkanes of at least 4 members (excludes halogenated alkanes) is 3. The summed E-state index contributed by atoms with van der Waals surface area (Å²) in [6, 6.07) is 7.62. The minimum absolute atomic E-state index is 0.0382. The summed E-state index contributed by atoms with van der Waals surface area (Å²) in [5.74, 6) is 0.650. The normalized spacial score (nSPS) is 15.4. The van der Waals surface area contributed by atoms with E-state index in [2.05, 4.69) is 6.92 Å². The molecule has 5 nitrogen and oxygen atoms in total. The molecule has 7 heteroatoms. The summed E-state index contributed by atoms with van der Waals surface area (Å²) in [6.07, 6.45) is 6.72. The second-order valence-corrected chi connectivity index (χ2v) is 7.87. The molecule has 2 rings (SSSR count). The van der Waals surface area contributed by atoms with Crippen molar-refractivity contribution in [3.8, 4) is 5.75 Å². The van der Waals surface area contributed by atoms with Crippen molar-refractivity contribution >= 4 is 46.3 Å². The van der Waals surface area contributed by atoms with Crippen LogP contribution in [0.4, 0.5) is 4.79 Å². The molecule has 0 unspecified atom stereocenters. The fourth-order valence-electron chi connectivity index (χ4n) is 2.66. The van der Waals surface area contributed by atoms with Gasteiger partial charge in [0.05, 0.1) is 18.6 Å². The van der Waals surface area contributed by atoms with E-state index < -0.39 is 0 Å². The van der Waals surface area contributed by atoms with Gasteiger partial charge in [0, 0.05) is 13.0 Å². The van der Waals surface area contributed by atoms with Crippen LogP contribution in [0.1, 0.15) is 51.0 Å². The summed E-state index contributed by atoms with van der Waals surface area (Å²) in [4.78, 5) is 26.9. The van der Waals surface area contributed by atoms with E-state index in [-0.39, 0.29) is 11.2 Å². The van der Waals surface area contributed by atoms with E-state index in [1.165, 1.54) is 11.8 Å². The number of carbonyl (C=O) groups excluding carboxylic acids is 2. The van der Waals surface area contributed by atoms with Gasteiger partial charge < -0.3 is 9.47 Å². The van der Waals surface area contributed by atoms with Crippen molar-refractivity contribution < 1.29 is 19.1 Å². The number of benzene rings is 1. The number of esters is 1. The molecule has 1 aliphatic heterocycles. The molecule has 0 saturated carbocycles. The first-order chi connectivity index (χ1) is 13.5. The Morgan fingerprint density at radius 3 is 2.61 bits per heavy atom. The van der Waals surface area contributed by atoms with E-state index in [0.29, 0.717) is 24.6 Å². The van der Waals surface area contributed by atoms with Crippen LogP contribution in [0.5, 0.6) is 5.75 Å². The molecule has 0 radical (unpaired) electrons. The molecule has 0 aromatic heterocycles. The van der Waals surface area contributed by atoms with Gasteiger partial charge in [0.25, 0.3) is 5.24 Å². The first-order valence-electron chi connectivity index (χ1n) is 9.60. The molecule has 1 aliphatic rings. The summed E-state index contributed by atoms with van der Waals surface area (Å²) in [5.41, 5.74) is 0.974. The molecule has 0 N–H and O–H groups in total. The Labute approximate surface area is 176 Å². The van der Waals surface area contributed by atoms with Crippen LogP contribution >= 0.6 is 24.0 Å². The number of thiocarbonyl (C=S) groups is 1. The zero-order chi connectivity index (χ0) is 20.4. The average molecular weight is 422 g/mol. The molecule has 1 fully saturated rings. The topological polar surface area (TPSA) is 55.8 Å². The van der Waals surface area contributed by atoms with Crippen LogP contribution in [-0.4, -0.2) is 41.4 Å². The summed E-state index contributed by atoms with van der Waals surface area (Å²) in [6.45, 7) is 3.15. The van der Waals surface area contributed by atoms with Gasteiger partial charge in [0.1, 0.15) is 10.7 Å². The van der Waals surface area contributed by atoms with E-state index in [1.54, 1.807) is 12.0 Å². The largest absolute Gasteiger partial charge is 0.497 e. The highest BCUT2D eigenvalue weighted by molar-refractivity contribution is 8.19. The number of rotatable bonds is 11. The van der Waals surface area contributed by atoms with Gasteiger partial charge in [-0.15, -0.1) is 0 Å². The van der Waals surface area contributed by atoms with Gasteiger partial charge in [-0.1, -0.05) is 44.1 Å². The minimum Gasteiger partial charge on any atom is -0.497 e. The second kappa shape index (κ2) is 11.9. The smallest absolute Gasteiger partial charge is 0.305 e. The zero-order valence-electron chi connectivity index (χ0n) is 16.4. The quantitative estimate of drug-likeness (QED) is 0.205. The molecule has 0 atom stereocenters. The Balaban J connectivity index is 1.75. The standard InChI is InChI=1S/C21H27NO4S2/c1-3-4-14-26-19(23)8-6-5-7-13-22-20(27)18(28-21(22)24)15-16-9-11-17(25-2)12-10-16/h9-12,15H,3-8,13-14H2,1-2H3/b18-15+. The number of hydrogen-bond donors (Lipinski definition) is 0. The predicted molar refractivity (Wildman–Crippen MR) is 118 cm³/mol. The van der Waals surface area contributed by atoms with Crippen molar-refractivity contribution in [1.82, 2.24) is 4.90 Å². The van der Waals surface area contributed by atoms with Gasteiger partial charge in [0.2, 0.25) is 0 Å². The lowest BCUT2D eigenvalue weighted by Gasteiger charge is -2.14. The summed E-state index contributed by atoms with van der Waals surface area (Å²) in [7, 11) is 1.63. The number of amides is 1. The van der Waals surface area contributed by atoms with Crippen molar-refractivity contribution in [2.45, 2.75) is 45.4 Å². The molecule has 1 amide bonds. The van der Waals surface area contributed by atoms with Gasteiger partial charge in [-0.3, -0.25) is 14.5 Å². The Kier molecular flexibility index (Phi) is 9.50. The monoisotopic (exact) mass is 421 g/mol. The maximum Gasteiger partial charge on any atom is 0.305 e. The Morgan fingerprint density at radius 2 is 1.93 bits per heavy atom. The molecule has 152 valence electrons. The third-order valence-electron chi connectivity index (χ3n) is 4.31. The number of carbonyl (C=O) groups is 2. The third kappa shape index (κ3) is 6.95. The second-order valence-electron chi connectivity index (χ2n) is 6.49. The number of nitrogens with zero attached hydrogens (tertiary/aromatic N) is 1. The molecule has 1 aromatic carbocycles. The van der Waals surface area contributed by atoms with Crippen LogP contribution in [-0.2, 0) is 9.53 Å². The fraction of sp³-hybridized carbons (Fsp3) is 0.476. The molecule has 1 heterocycles. The summed E-state index contributed by atoms with van der Waals surface area (Å²) in [5, 5.41) is -0.0382. The first-order valence-corrected chi connectivity index (χ1v) is 10.8. The molecular formula is C21H27NO4S2. The summed E-state index contributed by atoms with van der Waals surface area (Å²) >= 11 is 6.65. The van der Waals surface area contributed by atoms with Crippen molar-refractivity contribution in [3.05, 3.63) is 34.7 Å². The lowest BCUT2D eigenvalue weighted by atomic mass is 10.2. The number of thioether (sulfide) groups is 1. The third-order valence-corrected chi connectivity index (χ3v) is 5.81. The van der Waals surface area contributed by atoms with Crippen LogP contribution in [0, 0.1) is 0 Å². The molecule has 0 spiro atoms. The van der Waals surface area contributed by atoms with Gasteiger partial charge in [-0.2, -0.15) is 0 Å². The lowest BCUT2D eigenvalue weighted by molar-refractivity contribution is -0.143. The van der Waals surface area contributed by atoms with Crippen molar-refractivity contribution in [1.29, 1.82) is 0 Å². The molecule has 0 aliphatic carbocycles. The van der Waals surface area contributed by atoms with Crippen LogP contribution in [0.15, 0.2) is 29.2 Å². The minimum atomic E-state index is -0.138. The Hall–Kier alpha value is -1.86. The zero-order valence-corrected chi connectivity index (χ0v) is 18.1. The maximum absolute atomic E-state index is 12.3. The van der Waals surface area contributed by atoms with Crippen molar-refractivity contribution in [2.75, 3.05) is 20.3 Å². The number of methoxy groups -OCH3 is 1. The van der Waals surface area contributed by atoms with Crippen LogP contribution in [0.25, 0.3) is 6.08 Å². The van der Waals surface area contributed by atoms with Crippen LogP contribution in [0.2, 0.25) is 0 Å². The summed E-state index contributed by atoms with van der Waals surface area (Å²) < 4.78 is 10.3. The van der Waals surface area contributed by atoms with E-state index in [4.69, 9.17) is 21.7 Å². The van der Waals surface area contributed by atoms with Crippen LogP contribution < -0.4 is 4.74 Å². The van der Waals surface area contributed by atoms with Crippen molar-refractivity contribution in [2.24, 2.45) is 0 Å². The van der Waals surface area contributed by atoms with E-state index in [1.807, 2.05) is 30.3 Å². The van der Waals surface area contributed by atoms with E-state index >= 15 is 0 Å². The SMILES string of the molecule is CCCCOC(=O)CCCCCN1C(=O)S/C(=C/c2ccc(OC)cc2)C1=S. The molecule has 1 aromatic rings. The highest BCUT2D eigenvalue weighted by Gasteiger charge is 2.31. The first kappa shape index (κ1) is 22.4.